The molecule has 1 aromatic rings. The van der Waals surface area contributed by atoms with Crippen LogP contribution < -0.4 is 0 Å². The van der Waals surface area contributed by atoms with E-state index in [0.717, 1.165) is 7.11 Å². The summed E-state index contributed by atoms with van der Waals surface area (Å²) in [6.07, 6.45) is 4.67. The number of esters is 1. The summed E-state index contributed by atoms with van der Waals surface area (Å²) < 4.78 is 57.8. The maximum absolute atomic E-state index is 14.1. The average Bonchev–Trinajstić information content (AvgIpc) is 2.84. The van der Waals surface area contributed by atoms with E-state index in [1.165, 1.54) is 86.1 Å². The molecule has 0 N–H and O–H groups in total. The molecule has 1 rings (SSSR count). The van der Waals surface area contributed by atoms with Gasteiger partial charge in [-0.2, -0.15) is 0 Å². The topological polar surface area (TPSA) is 35.5 Å². The van der Waals surface area contributed by atoms with Gasteiger partial charge in [0.05, 0.1) is 0 Å². The summed E-state index contributed by atoms with van der Waals surface area (Å²) in [5.74, 6) is -1.61. The van der Waals surface area contributed by atoms with Crippen molar-refractivity contribution in [1.82, 2.24) is 0 Å². The van der Waals surface area contributed by atoms with Crippen molar-refractivity contribution in [2.75, 3.05) is 13.7 Å². The van der Waals surface area contributed by atoms with E-state index >= 15 is 0 Å². The summed E-state index contributed by atoms with van der Waals surface area (Å²) in [5, 5.41) is 0. The van der Waals surface area contributed by atoms with Gasteiger partial charge in [0.1, 0.15) is 0 Å². The quantitative estimate of drug-likeness (QED) is 0.0992. The van der Waals surface area contributed by atoms with E-state index in [1.807, 2.05) is 6.92 Å². The molecule has 7 heteroatoms. The fourth-order valence-electron chi connectivity index (χ4n) is 5.18. The van der Waals surface area contributed by atoms with Gasteiger partial charge in [-0.25, -0.2) is 0 Å². The first-order valence-electron chi connectivity index (χ1n) is 13.5. The number of ether oxygens (including phenoxy) is 2. The van der Waals surface area contributed by atoms with Gasteiger partial charge in [0.2, 0.25) is 0 Å². The third kappa shape index (κ3) is 9.37. The Morgan fingerprint density at radius 1 is 0.972 bits per heavy atom. The molecule has 3 nitrogen and oxygen atoms in total. The minimum atomic E-state index is -4.96. The number of benzene rings is 1. The van der Waals surface area contributed by atoms with Crippen LogP contribution in [0, 0.1) is 5.92 Å². The second-order valence-electron chi connectivity index (χ2n) is 10.3. The average molecular weight is 619 g/mol. The van der Waals surface area contributed by atoms with Crippen molar-refractivity contribution in [2.24, 2.45) is 5.92 Å². The second kappa shape index (κ2) is 16.1. The summed E-state index contributed by atoms with van der Waals surface area (Å²) >= 11 is -2.37. The number of methoxy groups -OCH3 is 1. The van der Waals surface area contributed by atoms with E-state index in [1.54, 1.807) is 6.07 Å². The van der Waals surface area contributed by atoms with Gasteiger partial charge in [-0.1, -0.05) is 0 Å². The summed E-state index contributed by atoms with van der Waals surface area (Å²) in [4.78, 5) is 12.8. The zero-order valence-corrected chi connectivity index (χ0v) is 26.0. The van der Waals surface area contributed by atoms with Crippen molar-refractivity contribution in [1.29, 1.82) is 0 Å². The molecule has 0 aromatic heterocycles. The van der Waals surface area contributed by atoms with Crippen molar-refractivity contribution in [2.45, 2.75) is 103 Å². The van der Waals surface area contributed by atoms with Crippen molar-refractivity contribution in [3.8, 4) is 0 Å². The zero-order valence-electron chi connectivity index (χ0n) is 23.2. The molecule has 0 amide bonds. The monoisotopic (exact) mass is 620 g/mol. The standard InChI is InChI=1S/C17H20F3O3.3C4H9.Sn/c1-12(2)10-13(3)11-23-15(21)16(22-4,17(18,19)20)14-8-6-5-7-9-14;3*1-3-4-2;/h5-10,13H,1,11H2,2-4H3;3*1,3-4H2,2H3;/b12-10-;;;;/t13-,16-;;;;/m1..../s1. The fourth-order valence-corrected chi connectivity index (χ4v) is 22.0. The van der Waals surface area contributed by atoms with Gasteiger partial charge in [-0.3, -0.25) is 0 Å². The first-order chi connectivity index (χ1) is 17.0. The SMILES string of the molecule is CCC[CH2][Sn]([CH2]CCC)([CH2]CCC)[CH2]/C(C)=C/[C@@H](C)COC(=O)[C@](OC)(c1ccccc1)C(F)(F)F. The fraction of sp³-hybridized carbons (Fsp3) is 0.690. The van der Waals surface area contributed by atoms with Crippen molar-refractivity contribution >= 4 is 24.3 Å². The van der Waals surface area contributed by atoms with E-state index in [-0.39, 0.29) is 18.1 Å². The first kappa shape index (κ1) is 33.0. The molecule has 0 spiro atoms. The summed E-state index contributed by atoms with van der Waals surface area (Å²) in [5.41, 5.74) is -2.13. The number of carbonyl (C=O) groups is 1. The number of rotatable bonds is 17. The summed E-state index contributed by atoms with van der Waals surface area (Å²) in [6.45, 7) is 10.7. The van der Waals surface area contributed by atoms with Gasteiger partial charge < -0.3 is 0 Å². The van der Waals surface area contributed by atoms with Crippen LogP contribution >= 0.6 is 0 Å². The van der Waals surface area contributed by atoms with Crippen molar-refractivity contribution < 1.29 is 27.4 Å². The molecular weight excluding hydrogens is 572 g/mol. The molecule has 0 saturated carbocycles. The summed E-state index contributed by atoms with van der Waals surface area (Å²) in [7, 11) is 0.894. The molecule has 0 aliphatic rings. The van der Waals surface area contributed by atoms with Crippen LogP contribution in [0.15, 0.2) is 42.0 Å². The molecule has 0 heterocycles. The van der Waals surface area contributed by atoms with Crippen LogP contribution in [0.2, 0.25) is 17.7 Å². The molecule has 0 unspecified atom stereocenters. The molecule has 0 aliphatic heterocycles. The van der Waals surface area contributed by atoms with E-state index in [9.17, 15) is 18.0 Å². The molecule has 1 aromatic carbocycles. The van der Waals surface area contributed by atoms with Gasteiger partial charge in [0.25, 0.3) is 0 Å². The predicted octanol–water partition coefficient (Wildman–Crippen LogP) is 9.07. The van der Waals surface area contributed by atoms with Gasteiger partial charge in [0.15, 0.2) is 0 Å². The molecule has 0 fully saturated rings. The molecule has 36 heavy (non-hydrogen) atoms. The zero-order chi connectivity index (χ0) is 27.2. The van der Waals surface area contributed by atoms with Crippen LogP contribution in [0.1, 0.15) is 78.7 Å². The molecule has 0 aliphatic carbocycles. The van der Waals surface area contributed by atoms with Crippen LogP contribution in [0.25, 0.3) is 0 Å². The molecule has 0 radical (unpaired) electrons. The number of halogens is 3. The van der Waals surface area contributed by atoms with Crippen LogP contribution in [-0.4, -0.2) is 44.2 Å². The minimum absolute atomic E-state index is 0.119. The van der Waals surface area contributed by atoms with E-state index in [4.69, 9.17) is 9.47 Å². The Labute approximate surface area is 221 Å². The predicted molar refractivity (Wildman–Crippen MR) is 145 cm³/mol. The van der Waals surface area contributed by atoms with Crippen LogP contribution in [0.4, 0.5) is 13.2 Å². The summed E-state index contributed by atoms with van der Waals surface area (Å²) in [6, 6.07) is 6.96. The number of carbonyl (C=O) groups excluding carboxylic acids is 1. The molecule has 2 atom stereocenters. The molecular formula is C29H47F3O3Sn. The number of alkyl halides is 3. The number of hydrogen-bond acceptors (Lipinski definition) is 3. The van der Waals surface area contributed by atoms with Gasteiger partial charge >= 0.3 is 222 Å². The van der Waals surface area contributed by atoms with Crippen molar-refractivity contribution in [3.63, 3.8) is 0 Å². The first-order valence-corrected chi connectivity index (χ1v) is 21.6. The Kier molecular flexibility index (Phi) is 14.7. The molecule has 0 bridgehead atoms. The second-order valence-corrected chi connectivity index (χ2v) is 24.2. The Bertz CT molecular complexity index is 773. The Hall–Kier alpha value is -1.02. The van der Waals surface area contributed by atoms with E-state index < -0.39 is 36.1 Å². The van der Waals surface area contributed by atoms with Crippen LogP contribution in [0.5, 0.6) is 0 Å². The number of unbranched alkanes of at least 4 members (excludes halogenated alkanes) is 3. The Balaban J connectivity index is 3.02. The number of allylic oxidation sites excluding steroid dienone is 1. The van der Waals surface area contributed by atoms with Gasteiger partial charge in [-0.05, 0) is 0 Å². The molecule has 206 valence electrons. The Morgan fingerprint density at radius 3 is 1.89 bits per heavy atom. The van der Waals surface area contributed by atoms with Gasteiger partial charge in [0, 0.05) is 0 Å². The third-order valence-electron chi connectivity index (χ3n) is 7.06. The maximum atomic E-state index is 14.1. The van der Waals surface area contributed by atoms with Crippen LogP contribution in [-0.2, 0) is 19.9 Å². The van der Waals surface area contributed by atoms with Crippen LogP contribution in [0.3, 0.4) is 0 Å². The van der Waals surface area contributed by atoms with E-state index in [2.05, 4.69) is 33.8 Å². The van der Waals surface area contributed by atoms with E-state index in [0.29, 0.717) is 0 Å². The third-order valence-corrected chi connectivity index (χ3v) is 22.9. The molecule has 0 saturated heterocycles. The van der Waals surface area contributed by atoms with Gasteiger partial charge in [-0.15, -0.1) is 0 Å². The number of hydrogen-bond donors (Lipinski definition) is 0. The Morgan fingerprint density at radius 2 is 1.47 bits per heavy atom. The van der Waals surface area contributed by atoms with Crippen molar-refractivity contribution in [3.05, 3.63) is 47.5 Å². The normalized spacial score (nSPS) is 15.4.